The van der Waals surface area contributed by atoms with E-state index in [0.29, 0.717) is 12.6 Å². The lowest BCUT2D eigenvalue weighted by Crippen LogP contribution is -2.17. The number of hydrogen-bond acceptors (Lipinski definition) is 3. The minimum atomic E-state index is -0.0530. The van der Waals surface area contributed by atoms with Crippen LogP contribution in [0.1, 0.15) is 56.7 Å². The third-order valence-electron chi connectivity index (χ3n) is 4.47. The number of unbranched alkanes of at least 4 members (excludes halogenated alkanes) is 1. The number of benzene rings is 2. The summed E-state index contributed by atoms with van der Waals surface area (Å²) in [5, 5.41) is 13.0. The van der Waals surface area contributed by atoms with Crippen molar-refractivity contribution < 1.29 is 9.84 Å². The lowest BCUT2D eigenvalue weighted by molar-refractivity contribution is -0.00323. The maximum absolute atomic E-state index is 9.39. The Morgan fingerprint density at radius 3 is 2.32 bits per heavy atom. The van der Waals surface area contributed by atoms with Gasteiger partial charge in [0.25, 0.3) is 0 Å². The minimum absolute atomic E-state index is 0.0530. The van der Waals surface area contributed by atoms with Crippen molar-refractivity contribution >= 4 is 5.69 Å². The summed E-state index contributed by atoms with van der Waals surface area (Å²) < 4.78 is 5.84. The molecular formula is C22H31NO2. The van der Waals surface area contributed by atoms with Crippen molar-refractivity contribution in [2.75, 3.05) is 11.9 Å². The summed E-state index contributed by atoms with van der Waals surface area (Å²) in [4.78, 5) is 0. The summed E-state index contributed by atoms with van der Waals surface area (Å²) in [5.41, 5.74) is 3.57. The van der Waals surface area contributed by atoms with Crippen LogP contribution in [-0.4, -0.2) is 17.8 Å². The van der Waals surface area contributed by atoms with E-state index in [2.05, 4.69) is 55.6 Å². The Hall–Kier alpha value is -1.84. The van der Waals surface area contributed by atoms with Crippen molar-refractivity contribution in [3.63, 3.8) is 0 Å². The van der Waals surface area contributed by atoms with E-state index in [0.717, 1.165) is 36.9 Å². The van der Waals surface area contributed by atoms with Gasteiger partial charge in [0, 0.05) is 5.69 Å². The quantitative estimate of drug-likeness (QED) is 0.581. The molecule has 2 atom stereocenters. The normalized spacial score (nSPS) is 13.4. The Balaban J connectivity index is 1.91. The number of aliphatic hydroxyl groups is 1. The smallest absolute Gasteiger partial charge is 0.0810 e. The Bertz CT molecular complexity index is 583. The maximum atomic E-state index is 9.39. The summed E-state index contributed by atoms with van der Waals surface area (Å²) in [5.74, 6) is 0. The lowest BCUT2D eigenvalue weighted by Gasteiger charge is -2.19. The van der Waals surface area contributed by atoms with Crippen LogP contribution in [0.3, 0.4) is 0 Å². The van der Waals surface area contributed by atoms with Gasteiger partial charge in [0.1, 0.15) is 0 Å². The molecule has 2 aromatic rings. The Labute approximate surface area is 152 Å². The third kappa shape index (κ3) is 6.52. The molecule has 2 aromatic carbocycles. The molecule has 3 nitrogen and oxygen atoms in total. The average molecular weight is 341 g/mol. The molecular weight excluding hydrogens is 310 g/mol. The molecule has 3 heteroatoms. The molecule has 0 saturated carbocycles. The van der Waals surface area contributed by atoms with Crippen LogP contribution < -0.4 is 5.32 Å². The molecule has 0 saturated heterocycles. The van der Waals surface area contributed by atoms with Gasteiger partial charge in [0.15, 0.2) is 0 Å². The van der Waals surface area contributed by atoms with E-state index >= 15 is 0 Å². The van der Waals surface area contributed by atoms with Crippen LogP contribution in [0.25, 0.3) is 0 Å². The second kappa shape index (κ2) is 10.9. The van der Waals surface area contributed by atoms with Gasteiger partial charge in [0.2, 0.25) is 0 Å². The van der Waals surface area contributed by atoms with Crippen molar-refractivity contribution in [3.05, 3.63) is 65.7 Å². The first kappa shape index (κ1) is 19.5. The fraction of sp³-hybridized carbons (Fsp3) is 0.455. The van der Waals surface area contributed by atoms with Gasteiger partial charge >= 0.3 is 0 Å². The monoisotopic (exact) mass is 341 g/mol. The first-order valence-corrected chi connectivity index (χ1v) is 9.39. The third-order valence-corrected chi connectivity index (χ3v) is 4.47. The second-order valence-electron chi connectivity index (χ2n) is 6.47. The van der Waals surface area contributed by atoms with E-state index in [1.54, 1.807) is 0 Å². The molecule has 25 heavy (non-hydrogen) atoms. The molecule has 2 unspecified atom stereocenters. The van der Waals surface area contributed by atoms with Gasteiger partial charge in [-0.05, 0) is 36.1 Å². The number of anilines is 1. The van der Waals surface area contributed by atoms with Crippen LogP contribution in [0.15, 0.2) is 54.6 Å². The number of para-hydroxylation sites is 1. The van der Waals surface area contributed by atoms with Gasteiger partial charge in [-0.15, -0.1) is 0 Å². The predicted octanol–water partition coefficient (Wildman–Crippen LogP) is 5.32. The van der Waals surface area contributed by atoms with Gasteiger partial charge in [-0.25, -0.2) is 0 Å². The highest BCUT2D eigenvalue weighted by Crippen LogP contribution is 2.23. The van der Waals surface area contributed by atoms with Gasteiger partial charge in [-0.3, -0.25) is 0 Å². The van der Waals surface area contributed by atoms with Gasteiger partial charge < -0.3 is 15.2 Å². The Morgan fingerprint density at radius 2 is 1.72 bits per heavy atom. The van der Waals surface area contributed by atoms with Crippen LogP contribution in [-0.2, 0) is 11.3 Å². The fourth-order valence-electron chi connectivity index (χ4n) is 2.88. The van der Waals surface area contributed by atoms with Crippen LogP contribution in [0.4, 0.5) is 5.69 Å². The van der Waals surface area contributed by atoms with Gasteiger partial charge in [-0.1, -0.05) is 69.2 Å². The molecule has 0 radical (unpaired) electrons. The van der Waals surface area contributed by atoms with Crippen molar-refractivity contribution in [2.45, 2.75) is 58.3 Å². The zero-order chi connectivity index (χ0) is 17.9. The van der Waals surface area contributed by atoms with Crippen molar-refractivity contribution in [3.8, 4) is 0 Å². The number of ether oxygens (including phenoxy) is 1. The average Bonchev–Trinajstić information content (AvgIpc) is 2.67. The first-order chi connectivity index (χ1) is 12.3. The highest BCUT2D eigenvalue weighted by atomic mass is 16.5. The summed E-state index contributed by atoms with van der Waals surface area (Å²) >= 11 is 0. The fourth-order valence-corrected chi connectivity index (χ4v) is 2.88. The topological polar surface area (TPSA) is 41.5 Å². The van der Waals surface area contributed by atoms with Gasteiger partial charge in [-0.2, -0.15) is 0 Å². The Morgan fingerprint density at radius 1 is 1.00 bits per heavy atom. The van der Waals surface area contributed by atoms with E-state index in [-0.39, 0.29) is 12.7 Å². The number of hydrogen-bond donors (Lipinski definition) is 2. The maximum Gasteiger partial charge on any atom is 0.0810 e. The molecule has 0 aromatic heterocycles. The zero-order valence-electron chi connectivity index (χ0n) is 15.4. The molecule has 0 heterocycles. The highest BCUT2D eigenvalue weighted by molar-refractivity contribution is 5.45. The van der Waals surface area contributed by atoms with Crippen molar-refractivity contribution in [1.29, 1.82) is 0 Å². The van der Waals surface area contributed by atoms with Crippen molar-refractivity contribution in [1.82, 2.24) is 0 Å². The molecule has 0 aliphatic rings. The number of nitrogens with one attached hydrogen (secondary N) is 1. The molecule has 136 valence electrons. The van der Waals surface area contributed by atoms with E-state index in [1.165, 1.54) is 5.56 Å². The first-order valence-electron chi connectivity index (χ1n) is 9.39. The van der Waals surface area contributed by atoms with E-state index in [9.17, 15) is 5.11 Å². The molecule has 0 bridgehead atoms. The molecule has 0 aliphatic carbocycles. The summed E-state index contributed by atoms with van der Waals surface area (Å²) in [6.45, 7) is 4.99. The molecule has 2 rings (SSSR count). The SMILES string of the molecule is CCCCC(CO)OCc1ccc(C(CC)Nc2ccccc2)cc1. The lowest BCUT2D eigenvalue weighted by atomic mass is 10.0. The molecule has 0 aliphatic heterocycles. The minimum Gasteiger partial charge on any atom is -0.394 e. The highest BCUT2D eigenvalue weighted by Gasteiger charge is 2.10. The van der Waals surface area contributed by atoms with Crippen LogP contribution >= 0.6 is 0 Å². The predicted molar refractivity (Wildman–Crippen MR) is 105 cm³/mol. The van der Waals surface area contributed by atoms with Crippen LogP contribution in [0, 0.1) is 0 Å². The summed E-state index contributed by atoms with van der Waals surface area (Å²) in [6, 6.07) is 19.2. The molecule has 0 fully saturated rings. The van der Waals surface area contributed by atoms with Crippen molar-refractivity contribution in [2.24, 2.45) is 0 Å². The second-order valence-corrected chi connectivity index (χ2v) is 6.47. The summed E-state index contributed by atoms with van der Waals surface area (Å²) in [7, 11) is 0. The van der Waals surface area contributed by atoms with E-state index in [1.807, 2.05) is 18.2 Å². The largest absolute Gasteiger partial charge is 0.394 e. The van der Waals surface area contributed by atoms with Crippen LogP contribution in [0.5, 0.6) is 0 Å². The zero-order valence-corrected chi connectivity index (χ0v) is 15.4. The molecule has 0 amide bonds. The standard InChI is InChI=1S/C22H31NO2/c1-3-5-11-21(16-24)25-17-18-12-14-19(15-13-18)22(4-2)23-20-9-7-6-8-10-20/h6-10,12-15,21-24H,3-5,11,16-17H2,1-2H3. The molecule has 2 N–H and O–H groups in total. The number of rotatable bonds is 11. The van der Waals surface area contributed by atoms with Gasteiger partial charge in [0.05, 0.1) is 25.4 Å². The summed E-state index contributed by atoms with van der Waals surface area (Å²) in [6.07, 6.45) is 4.11. The molecule has 0 spiro atoms. The van der Waals surface area contributed by atoms with E-state index < -0.39 is 0 Å². The Kier molecular flexibility index (Phi) is 8.50. The van der Waals surface area contributed by atoms with E-state index in [4.69, 9.17) is 4.74 Å². The number of aliphatic hydroxyl groups excluding tert-OH is 1. The van der Waals surface area contributed by atoms with Crippen LogP contribution in [0.2, 0.25) is 0 Å².